The van der Waals surface area contributed by atoms with Crippen LogP contribution in [0.1, 0.15) is 40.9 Å². The maximum Gasteiger partial charge on any atom is 0.355 e. The molecular weight excluding hydrogens is 280 g/mol. The van der Waals surface area contributed by atoms with E-state index in [0.717, 1.165) is 18.1 Å². The van der Waals surface area contributed by atoms with E-state index >= 15 is 0 Å². The predicted molar refractivity (Wildman–Crippen MR) is 78.2 cm³/mol. The van der Waals surface area contributed by atoms with Gasteiger partial charge in [0.15, 0.2) is 5.69 Å². The predicted octanol–water partition coefficient (Wildman–Crippen LogP) is 3.33. The second-order valence-corrected chi connectivity index (χ2v) is 5.73. The molecule has 1 atom stereocenters. The van der Waals surface area contributed by atoms with Crippen molar-refractivity contribution in [3.63, 3.8) is 0 Å². The maximum absolute atomic E-state index is 11.0. The van der Waals surface area contributed by atoms with Gasteiger partial charge in [0, 0.05) is 5.38 Å². The number of carboxylic acid groups (broad SMARTS) is 1. The summed E-state index contributed by atoms with van der Waals surface area (Å²) in [5.41, 5.74) is 1.31. The van der Waals surface area contributed by atoms with Crippen molar-refractivity contribution in [3.8, 4) is 0 Å². The van der Waals surface area contributed by atoms with Crippen molar-refractivity contribution in [1.82, 2.24) is 9.88 Å². The van der Waals surface area contributed by atoms with Gasteiger partial charge in [-0.25, -0.2) is 9.78 Å². The fourth-order valence-electron chi connectivity index (χ4n) is 2.04. The topological polar surface area (TPSA) is 53.4 Å². The molecule has 2 aromatic heterocycles. The molecule has 19 heavy (non-hydrogen) atoms. The third-order valence-electron chi connectivity index (χ3n) is 3.01. The van der Waals surface area contributed by atoms with E-state index in [0.29, 0.717) is 0 Å². The van der Waals surface area contributed by atoms with Crippen LogP contribution in [0.3, 0.4) is 0 Å². The number of hydrogen-bond donors (Lipinski definition) is 1. The number of carbonyl (C=O) groups is 1. The third kappa shape index (κ3) is 3.02. The molecule has 2 heterocycles. The first-order valence-electron chi connectivity index (χ1n) is 6.12. The second-order valence-electron chi connectivity index (χ2n) is 4.06. The number of rotatable bonds is 6. The van der Waals surface area contributed by atoms with Crippen molar-refractivity contribution in [3.05, 3.63) is 38.5 Å². The van der Waals surface area contributed by atoms with Crippen molar-refractivity contribution in [2.24, 2.45) is 0 Å². The molecule has 4 nitrogen and oxygen atoms in total. The van der Waals surface area contributed by atoms with Crippen molar-refractivity contribution in [1.29, 1.82) is 0 Å². The van der Waals surface area contributed by atoms with Gasteiger partial charge in [0.1, 0.15) is 5.01 Å². The molecule has 0 fully saturated rings. The van der Waals surface area contributed by atoms with Crippen LogP contribution >= 0.6 is 22.7 Å². The number of thiophene rings is 1. The first-order valence-corrected chi connectivity index (χ1v) is 7.94. The lowest BCUT2D eigenvalue weighted by Gasteiger charge is -2.27. The van der Waals surface area contributed by atoms with Crippen LogP contribution in [-0.2, 0) is 0 Å². The summed E-state index contributed by atoms with van der Waals surface area (Å²) in [6.45, 7) is 6.02. The summed E-state index contributed by atoms with van der Waals surface area (Å²) in [6, 6.07) is 2.13. The summed E-state index contributed by atoms with van der Waals surface area (Å²) < 4.78 is 0. The molecule has 1 N–H and O–H groups in total. The Morgan fingerprint density at radius 3 is 2.63 bits per heavy atom. The van der Waals surface area contributed by atoms with Crippen molar-refractivity contribution in [2.45, 2.75) is 19.9 Å². The molecule has 0 amide bonds. The first kappa shape index (κ1) is 14.2. The Hall–Kier alpha value is -1.24. The van der Waals surface area contributed by atoms with E-state index in [-0.39, 0.29) is 11.7 Å². The minimum atomic E-state index is -0.967. The number of aromatic carboxylic acids is 1. The molecule has 0 aliphatic heterocycles. The fourth-order valence-corrected chi connectivity index (χ4v) is 3.67. The fraction of sp³-hybridized carbons (Fsp3) is 0.385. The summed E-state index contributed by atoms with van der Waals surface area (Å²) in [7, 11) is 0. The third-order valence-corrected chi connectivity index (χ3v) is 4.61. The van der Waals surface area contributed by atoms with E-state index in [4.69, 9.17) is 5.11 Å². The van der Waals surface area contributed by atoms with Gasteiger partial charge >= 0.3 is 5.97 Å². The van der Waals surface area contributed by atoms with Gasteiger partial charge in [0.25, 0.3) is 0 Å². The number of nitrogens with zero attached hydrogens (tertiary/aromatic N) is 2. The lowest BCUT2D eigenvalue weighted by molar-refractivity contribution is 0.0691. The lowest BCUT2D eigenvalue weighted by Crippen LogP contribution is -2.29. The molecule has 0 bridgehead atoms. The van der Waals surface area contributed by atoms with E-state index in [1.54, 1.807) is 16.7 Å². The van der Waals surface area contributed by atoms with Crippen LogP contribution in [0.5, 0.6) is 0 Å². The molecule has 0 aromatic carbocycles. The van der Waals surface area contributed by atoms with Gasteiger partial charge in [0.05, 0.1) is 6.04 Å². The summed E-state index contributed by atoms with van der Waals surface area (Å²) in [4.78, 5) is 17.5. The average Bonchev–Trinajstić information content (AvgIpc) is 3.07. The van der Waals surface area contributed by atoms with Crippen molar-refractivity contribution < 1.29 is 9.90 Å². The van der Waals surface area contributed by atoms with Crippen molar-refractivity contribution >= 4 is 28.6 Å². The standard InChI is InChI=1S/C13H16N2O2S2/c1-3-15(4-2)11(9-5-6-18-7-9)12-14-10(8-19-12)13(16)17/h5-8,11H,3-4H2,1-2H3,(H,16,17). The summed E-state index contributed by atoms with van der Waals surface area (Å²) in [6.07, 6.45) is 0. The van der Waals surface area contributed by atoms with Gasteiger partial charge in [0.2, 0.25) is 0 Å². The highest BCUT2D eigenvalue weighted by atomic mass is 32.1. The lowest BCUT2D eigenvalue weighted by atomic mass is 10.1. The minimum absolute atomic E-state index is 0.0550. The van der Waals surface area contributed by atoms with Crippen LogP contribution < -0.4 is 0 Å². The van der Waals surface area contributed by atoms with Crippen LogP contribution in [0.15, 0.2) is 22.2 Å². The smallest absolute Gasteiger partial charge is 0.355 e. The Balaban J connectivity index is 2.39. The van der Waals surface area contributed by atoms with Gasteiger partial charge < -0.3 is 5.11 Å². The molecular formula is C13H16N2O2S2. The van der Waals surface area contributed by atoms with Gasteiger partial charge in [-0.05, 0) is 35.5 Å². The molecule has 0 aliphatic rings. The number of aromatic nitrogens is 1. The minimum Gasteiger partial charge on any atom is -0.476 e. The van der Waals surface area contributed by atoms with E-state index in [2.05, 4.69) is 35.2 Å². The Bertz CT molecular complexity index is 533. The van der Waals surface area contributed by atoms with Crippen LogP contribution in [-0.4, -0.2) is 34.0 Å². The second kappa shape index (κ2) is 6.27. The summed E-state index contributed by atoms with van der Waals surface area (Å²) >= 11 is 3.06. The van der Waals surface area contributed by atoms with Crippen LogP contribution in [0.4, 0.5) is 0 Å². The Labute approximate surface area is 120 Å². The quantitative estimate of drug-likeness (QED) is 0.888. The highest BCUT2D eigenvalue weighted by Crippen LogP contribution is 2.31. The molecule has 0 aliphatic carbocycles. The van der Waals surface area contributed by atoms with E-state index in [9.17, 15) is 4.79 Å². The zero-order valence-electron chi connectivity index (χ0n) is 10.9. The maximum atomic E-state index is 11.0. The molecule has 0 spiro atoms. The number of hydrogen-bond acceptors (Lipinski definition) is 5. The number of carboxylic acids is 1. The highest BCUT2D eigenvalue weighted by Gasteiger charge is 2.24. The molecule has 0 saturated carbocycles. The Kier molecular flexibility index (Phi) is 4.68. The summed E-state index contributed by atoms with van der Waals surface area (Å²) in [5.74, 6) is -0.967. The highest BCUT2D eigenvalue weighted by molar-refractivity contribution is 7.10. The molecule has 102 valence electrons. The van der Waals surface area contributed by atoms with Gasteiger partial charge in [-0.15, -0.1) is 11.3 Å². The molecule has 0 radical (unpaired) electrons. The zero-order valence-corrected chi connectivity index (χ0v) is 12.5. The average molecular weight is 296 g/mol. The van der Waals surface area contributed by atoms with E-state index in [1.165, 1.54) is 16.9 Å². The van der Waals surface area contributed by atoms with Crippen LogP contribution in [0, 0.1) is 0 Å². The summed E-state index contributed by atoms with van der Waals surface area (Å²) in [5, 5.41) is 15.6. The van der Waals surface area contributed by atoms with Gasteiger partial charge in [-0.3, -0.25) is 4.90 Å². The van der Waals surface area contributed by atoms with E-state index in [1.807, 2.05) is 5.38 Å². The molecule has 0 saturated heterocycles. The first-order chi connectivity index (χ1) is 9.17. The molecule has 1 unspecified atom stereocenters. The Morgan fingerprint density at radius 2 is 2.16 bits per heavy atom. The van der Waals surface area contributed by atoms with Gasteiger partial charge in [-0.1, -0.05) is 13.8 Å². The van der Waals surface area contributed by atoms with Crippen molar-refractivity contribution in [2.75, 3.05) is 13.1 Å². The monoisotopic (exact) mass is 296 g/mol. The van der Waals surface area contributed by atoms with Crippen LogP contribution in [0.2, 0.25) is 0 Å². The Morgan fingerprint density at radius 1 is 1.42 bits per heavy atom. The normalized spacial score (nSPS) is 12.8. The van der Waals surface area contributed by atoms with Gasteiger partial charge in [-0.2, -0.15) is 11.3 Å². The molecule has 2 rings (SSSR count). The SMILES string of the molecule is CCN(CC)C(c1ccsc1)c1nc(C(=O)O)cs1. The van der Waals surface area contributed by atoms with Crippen LogP contribution in [0.25, 0.3) is 0 Å². The number of thiazole rings is 1. The molecule has 2 aromatic rings. The largest absolute Gasteiger partial charge is 0.476 e. The zero-order chi connectivity index (χ0) is 13.8. The van der Waals surface area contributed by atoms with E-state index < -0.39 is 5.97 Å². The molecule has 6 heteroatoms.